The van der Waals surface area contributed by atoms with E-state index in [1.807, 2.05) is 36.7 Å². The lowest BCUT2D eigenvalue weighted by atomic mass is 9.96. The number of hydrazine groups is 2. The maximum atomic E-state index is 10.1. The highest BCUT2D eigenvalue weighted by molar-refractivity contribution is 5.99. The van der Waals surface area contributed by atoms with Crippen molar-refractivity contribution >= 4 is 33.1 Å². The van der Waals surface area contributed by atoms with E-state index in [0.717, 1.165) is 38.8 Å². The van der Waals surface area contributed by atoms with Gasteiger partial charge in [-0.1, -0.05) is 44.9 Å². The first-order valence-electron chi connectivity index (χ1n) is 13.5. The predicted octanol–water partition coefficient (Wildman–Crippen LogP) is 5.58. The standard InChI is InChI=1S/C32H32N8/c1-5-20-17-35-30-22(15-33)13-23(14-27(30)29(20)36-19-32(2,3)4)37-31(28-18-40(39-38-28)24-9-10-24)26-8-6-7-21-16-34-12-11-25(21)26/h1,6-8,11-14,16-18,24,31,37-39H,9-10,19H2,2-4H3,(H,35,36)/t31-/m0/s1. The average Bonchev–Trinajstić information content (AvgIpc) is 3.69. The minimum atomic E-state index is -0.235. The van der Waals surface area contributed by atoms with Crippen LogP contribution in [0.15, 0.2) is 66.9 Å². The van der Waals surface area contributed by atoms with Crippen LogP contribution in [0, 0.1) is 29.1 Å². The van der Waals surface area contributed by atoms with Crippen molar-refractivity contribution in [2.45, 2.75) is 45.7 Å². The number of rotatable bonds is 7. The zero-order valence-corrected chi connectivity index (χ0v) is 22.9. The van der Waals surface area contributed by atoms with E-state index >= 15 is 0 Å². The quantitative estimate of drug-likeness (QED) is 0.231. The van der Waals surface area contributed by atoms with E-state index in [1.54, 1.807) is 6.20 Å². The maximum absolute atomic E-state index is 10.1. The van der Waals surface area contributed by atoms with Gasteiger partial charge in [-0.15, -0.1) is 12.0 Å². The van der Waals surface area contributed by atoms with Gasteiger partial charge >= 0.3 is 0 Å². The van der Waals surface area contributed by atoms with Gasteiger partial charge in [0.1, 0.15) is 6.07 Å². The SMILES string of the molecule is C#Cc1cnc2c(C#N)cc(N[C@H](C3=CN(C4CC4)NN3)c3cccc4cnccc34)cc2c1NCC(C)(C)C. The third-order valence-corrected chi connectivity index (χ3v) is 7.24. The van der Waals surface area contributed by atoms with E-state index in [4.69, 9.17) is 6.42 Å². The van der Waals surface area contributed by atoms with Crippen molar-refractivity contribution in [3.8, 4) is 18.4 Å². The molecule has 8 nitrogen and oxygen atoms in total. The summed E-state index contributed by atoms with van der Waals surface area (Å²) >= 11 is 0. The molecule has 0 unspecified atom stereocenters. The molecule has 1 aliphatic heterocycles. The molecule has 1 atom stereocenters. The number of fused-ring (bicyclic) bond motifs is 2. The highest BCUT2D eigenvalue weighted by Crippen LogP contribution is 2.37. The second-order valence-corrected chi connectivity index (χ2v) is 11.6. The van der Waals surface area contributed by atoms with Gasteiger partial charge in [0.15, 0.2) is 0 Å². The second kappa shape index (κ2) is 10.1. The molecule has 2 aromatic carbocycles. The van der Waals surface area contributed by atoms with Crippen LogP contribution >= 0.6 is 0 Å². The number of hydrogen-bond donors (Lipinski definition) is 4. The molecule has 0 radical (unpaired) electrons. The Morgan fingerprint density at radius 2 is 2.00 bits per heavy atom. The summed E-state index contributed by atoms with van der Waals surface area (Å²) in [5, 5.41) is 22.5. The fourth-order valence-corrected chi connectivity index (χ4v) is 5.05. The minimum Gasteiger partial charge on any atom is -0.383 e. The monoisotopic (exact) mass is 528 g/mol. The molecule has 2 aromatic heterocycles. The summed E-state index contributed by atoms with van der Waals surface area (Å²) in [6.45, 7) is 7.21. The number of benzene rings is 2. The lowest BCUT2D eigenvalue weighted by Crippen LogP contribution is -2.38. The van der Waals surface area contributed by atoms with E-state index in [2.05, 4.69) is 87.7 Å². The largest absolute Gasteiger partial charge is 0.383 e. The lowest BCUT2D eigenvalue weighted by molar-refractivity contribution is 0.260. The van der Waals surface area contributed by atoms with E-state index in [-0.39, 0.29) is 11.5 Å². The molecule has 0 spiro atoms. The number of anilines is 2. The van der Waals surface area contributed by atoms with Crippen LogP contribution in [0.5, 0.6) is 0 Å². The van der Waals surface area contributed by atoms with Gasteiger partial charge in [0.05, 0.1) is 34.1 Å². The molecule has 0 bridgehead atoms. The molecule has 6 rings (SSSR count). The van der Waals surface area contributed by atoms with Crippen molar-refractivity contribution in [2.24, 2.45) is 5.41 Å². The van der Waals surface area contributed by atoms with Crippen molar-refractivity contribution < 1.29 is 0 Å². The van der Waals surface area contributed by atoms with Crippen molar-refractivity contribution in [1.82, 2.24) is 25.9 Å². The number of hydrogen-bond acceptors (Lipinski definition) is 8. The molecule has 4 N–H and O–H groups in total. The Hall–Kier alpha value is -4.79. The zero-order chi connectivity index (χ0) is 27.9. The average molecular weight is 529 g/mol. The van der Waals surface area contributed by atoms with E-state index < -0.39 is 0 Å². The number of pyridine rings is 2. The van der Waals surface area contributed by atoms with E-state index in [0.29, 0.717) is 29.2 Å². The number of nitriles is 1. The van der Waals surface area contributed by atoms with Crippen LogP contribution in [0.2, 0.25) is 0 Å². The molecule has 1 aliphatic carbocycles. The molecular formula is C32H32N8. The molecule has 2 aliphatic rings. The Morgan fingerprint density at radius 3 is 2.75 bits per heavy atom. The highest BCUT2D eigenvalue weighted by atomic mass is 15.7. The maximum Gasteiger partial charge on any atom is 0.102 e. The van der Waals surface area contributed by atoms with Crippen molar-refractivity contribution in [3.05, 3.63) is 83.6 Å². The summed E-state index contributed by atoms with van der Waals surface area (Å²) < 4.78 is 0. The van der Waals surface area contributed by atoms with Gasteiger partial charge in [-0.3, -0.25) is 15.0 Å². The third-order valence-electron chi connectivity index (χ3n) is 7.24. The first-order valence-corrected chi connectivity index (χ1v) is 13.5. The Balaban J connectivity index is 1.48. The van der Waals surface area contributed by atoms with Gasteiger partial charge in [0.25, 0.3) is 0 Å². The topological polar surface area (TPSA) is 101 Å². The van der Waals surface area contributed by atoms with E-state index in [1.165, 1.54) is 12.8 Å². The first kappa shape index (κ1) is 25.5. The molecule has 8 heteroatoms. The van der Waals surface area contributed by atoms with Gasteiger partial charge in [0, 0.05) is 53.8 Å². The molecule has 1 fully saturated rings. The Bertz CT molecular complexity index is 1710. The van der Waals surface area contributed by atoms with Crippen LogP contribution < -0.4 is 21.6 Å². The summed E-state index contributed by atoms with van der Waals surface area (Å²) in [6.07, 6.45) is 15.7. The summed E-state index contributed by atoms with van der Waals surface area (Å²) in [7, 11) is 0. The van der Waals surface area contributed by atoms with Crippen LogP contribution in [0.4, 0.5) is 11.4 Å². The molecule has 4 aromatic rings. The van der Waals surface area contributed by atoms with Gasteiger partial charge in [-0.05, 0) is 47.4 Å². The summed E-state index contributed by atoms with van der Waals surface area (Å²) in [6, 6.07) is 14.8. The number of nitrogens with zero attached hydrogens (tertiary/aromatic N) is 4. The minimum absolute atomic E-state index is 0.0325. The van der Waals surface area contributed by atoms with Crippen LogP contribution in [-0.2, 0) is 0 Å². The number of nitrogens with one attached hydrogen (secondary N) is 4. The predicted molar refractivity (Wildman–Crippen MR) is 160 cm³/mol. The molecule has 40 heavy (non-hydrogen) atoms. The molecule has 1 saturated carbocycles. The Morgan fingerprint density at radius 1 is 1.15 bits per heavy atom. The molecule has 3 heterocycles. The van der Waals surface area contributed by atoms with Gasteiger partial charge in [0.2, 0.25) is 0 Å². The Labute approximate surface area is 234 Å². The summed E-state index contributed by atoms with van der Waals surface area (Å²) in [4.78, 5) is 8.90. The summed E-state index contributed by atoms with van der Waals surface area (Å²) in [5.41, 5.74) is 12.2. The molecular weight excluding hydrogens is 496 g/mol. The number of aromatic nitrogens is 2. The second-order valence-electron chi connectivity index (χ2n) is 11.6. The summed E-state index contributed by atoms with van der Waals surface area (Å²) in [5.74, 6) is 2.77. The molecule has 200 valence electrons. The molecule has 0 amide bonds. The highest BCUT2D eigenvalue weighted by Gasteiger charge is 2.32. The smallest absolute Gasteiger partial charge is 0.102 e. The van der Waals surface area contributed by atoms with Gasteiger partial charge in [-0.2, -0.15) is 5.26 Å². The fourth-order valence-electron chi connectivity index (χ4n) is 5.05. The van der Waals surface area contributed by atoms with Crippen molar-refractivity contribution in [2.75, 3.05) is 17.2 Å². The van der Waals surface area contributed by atoms with Gasteiger partial charge < -0.3 is 16.1 Å². The van der Waals surface area contributed by atoms with Crippen molar-refractivity contribution in [3.63, 3.8) is 0 Å². The first-order chi connectivity index (χ1) is 19.3. The third kappa shape index (κ3) is 4.98. The lowest BCUT2D eigenvalue weighted by Gasteiger charge is -2.24. The molecule has 0 saturated heterocycles. The van der Waals surface area contributed by atoms with Crippen LogP contribution in [0.25, 0.3) is 21.7 Å². The fraction of sp³-hybridized carbons (Fsp3) is 0.281. The van der Waals surface area contributed by atoms with Crippen molar-refractivity contribution in [1.29, 1.82) is 5.26 Å². The van der Waals surface area contributed by atoms with E-state index in [9.17, 15) is 5.26 Å². The Kier molecular flexibility index (Phi) is 6.42. The zero-order valence-electron chi connectivity index (χ0n) is 22.9. The van der Waals surface area contributed by atoms with Crippen LogP contribution in [-0.4, -0.2) is 27.6 Å². The van der Waals surface area contributed by atoms with Crippen LogP contribution in [0.1, 0.15) is 56.3 Å². The van der Waals surface area contributed by atoms with Gasteiger partial charge in [-0.25, -0.2) is 0 Å². The normalized spacial score (nSPS) is 15.7. The number of terminal acetylenes is 1. The van der Waals surface area contributed by atoms with Crippen LogP contribution in [0.3, 0.4) is 0 Å².